The first-order chi connectivity index (χ1) is 10.3. The number of aromatic amines is 1. The number of hydrogen-bond donors (Lipinski definition) is 2. The van der Waals surface area contributed by atoms with Crippen LogP contribution in [0, 0.1) is 5.92 Å². The largest absolute Gasteiger partial charge is 0.348 e. The van der Waals surface area contributed by atoms with Crippen LogP contribution in [0.25, 0.3) is 0 Å². The van der Waals surface area contributed by atoms with Crippen molar-refractivity contribution in [3.63, 3.8) is 0 Å². The molecular weight excluding hydrogens is 264 g/mol. The molecule has 1 aromatic heterocycles. The van der Waals surface area contributed by atoms with Crippen LogP contribution in [0.4, 0.5) is 4.79 Å². The number of aromatic nitrogens is 2. The molecule has 1 aliphatic carbocycles. The Morgan fingerprint density at radius 3 is 2.95 bits per heavy atom. The molecule has 0 atom stereocenters. The molecule has 2 aliphatic rings. The fourth-order valence-corrected chi connectivity index (χ4v) is 3.52. The molecule has 5 heteroatoms. The van der Waals surface area contributed by atoms with E-state index < -0.39 is 0 Å². The van der Waals surface area contributed by atoms with Crippen molar-refractivity contribution < 1.29 is 4.79 Å². The fourth-order valence-electron chi connectivity index (χ4n) is 3.52. The van der Waals surface area contributed by atoms with Crippen LogP contribution in [0.15, 0.2) is 6.33 Å². The number of hydrogen-bond acceptors (Lipinski definition) is 2. The molecule has 0 bridgehead atoms. The van der Waals surface area contributed by atoms with Crippen molar-refractivity contribution in [1.82, 2.24) is 20.2 Å². The zero-order chi connectivity index (χ0) is 14.5. The lowest BCUT2D eigenvalue weighted by Gasteiger charge is -2.27. The van der Waals surface area contributed by atoms with E-state index in [1.807, 2.05) is 4.90 Å². The molecule has 0 aromatic carbocycles. The van der Waals surface area contributed by atoms with Gasteiger partial charge in [0.25, 0.3) is 0 Å². The SMILES string of the molecule is O=C(NCC1CCCCC1)N1CCCc2[nH]cnc2CC1. The number of carbonyl (C=O) groups excluding carboxylic acids is 1. The summed E-state index contributed by atoms with van der Waals surface area (Å²) in [6.45, 7) is 2.46. The number of aryl methyl sites for hydroxylation is 1. The van der Waals surface area contributed by atoms with Gasteiger partial charge in [-0.15, -0.1) is 0 Å². The lowest BCUT2D eigenvalue weighted by molar-refractivity contribution is 0.192. The van der Waals surface area contributed by atoms with E-state index in [0.717, 1.165) is 44.6 Å². The first-order valence-corrected chi connectivity index (χ1v) is 8.37. The first-order valence-electron chi connectivity index (χ1n) is 8.37. The molecule has 1 fully saturated rings. The molecule has 0 unspecified atom stereocenters. The van der Waals surface area contributed by atoms with Crippen LogP contribution in [-0.2, 0) is 12.8 Å². The van der Waals surface area contributed by atoms with Gasteiger partial charge in [-0.2, -0.15) is 0 Å². The van der Waals surface area contributed by atoms with E-state index in [1.54, 1.807) is 6.33 Å². The highest BCUT2D eigenvalue weighted by Crippen LogP contribution is 2.22. The molecule has 5 nitrogen and oxygen atoms in total. The normalized spacial score (nSPS) is 20.5. The number of carbonyl (C=O) groups is 1. The Morgan fingerprint density at radius 2 is 2.10 bits per heavy atom. The number of fused-ring (bicyclic) bond motifs is 1. The van der Waals surface area contributed by atoms with E-state index in [4.69, 9.17) is 0 Å². The van der Waals surface area contributed by atoms with Crippen LogP contribution in [0.1, 0.15) is 49.9 Å². The van der Waals surface area contributed by atoms with Gasteiger partial charge < -0.3 is 15.2 Å². The van der Waals surface area contributed by atoms with Gasteiger partial charge in [0.15, 0.2) is 0 Å². The van der Waals surface area contributed by atoms with E-state index >= 15 is 0 Å². The average Bonchev–Trinajstić information content (AvgIpc) is 2.92. The molecule has 2 heterocycles. The molecule has 0 spiro atoms. The molecule has 1 saturated carbocycles. The van der Waals surface area contributed by atoms with E-state index in [-0.39, 0.29) is 6.03 Å². The average molecular weight is 290 g/mol. The van der Waals surface area contributed by atoms with Crippen molar-refractivity contribution in [2.75, 3.05) is 19.6 Å². The van der Waals surface area contributed by atoms with Gasteiger partial charge in [0.05, 0.1) is 12.0 Å². The number of H-pyrrole nitrogens is 1. The van der Waals surface area contributed by atoms with Gasteiger partial charge in [-0.25, -0.2) is 9.78 Å². The van der Waals surface area contributed by atoms with Gasteiger partial charge in [0.2, 0.25) is 0 Å². The molecule has 1 aromatic rings. The summed E-state index contributed by atoms with van der Waals surface area (Å²) in [4.78, 5) is 21.9. The summed E-state index contributed by atoms with van der Waals surface area (Å²) in [6.07, 6.45) is 11.2. The number of imidazole rings is 1. The second kappa shape index (κ2) is 6.96. The van der Waals surface area contributed by atoms with E-state index in [2.05, 4.69) is 15.3 Å². The number of nitrogens with one attached hydrogen (secondary N) is 2. The third-order valence-corrected chi connectivity index (χ3v) is 4.83. The quantitative estimate of drug-likeness (QED) is 0.879. The second-order valence-corrected chi connectivity index (χ2v) is 6.36. The summed E-state index contributed by atoms with van der Waals surface area (Å²) >= 11 is 0. The number of rotatable bonds is 2. The Morgan fingerprint density at radius 1 is 1.24 bits per heavy atom. The van der Waals surface area contributed by atoms with Crippen LogP contribution < -0.4 is 5.32 Å². The summed E-state index contributed by atoms with van der Waals surface area (Å²) in [5, 5.41) is 3.15. The van der Waals surface area contributed by atoms with Gasteiger partial charge in [0.1, 0.15) is 0 Å². The molecule has 116 valence electrons. The van der Waals surface area contributed by atoms with Crippen molar-refractivity contribution in [2.24, 2.45) is 5.92 Å². The fraction of sp³-hybridized carbons (Fsp3) is 0.750. The van der Waals surface area contributed by atoms with E-state index in [9.17, 15) is 4.79 Å². The lowest BCUT2D eigenvalue weighted by atomic mass is 9.89. The van der Waals surface area contributed by atoms with Crippen molar-refractivity contribution in [3.8, 4) is 0 Å². The number of nitrogens with zero attached hydrogens (tertiary/aromatic N) is 2. The summed E-state index contributed by atoms with van der Waals surface area (Å²) < 4.78 is 0. The highest BCUT2D eigenvalue weighted by atomic mass is 16.2. The highest BCUT2D eigenvalue weighted by molar-refractivity contribution is 5.74. The zero-order valence-electron chi connectivity index (χ0n) is 12.7. The van der Waals surface area contributed by atoms with Gasteiger partial charge >= 0.3 is 6.03 Å². The van der Waals surface area contributed by atoms with Gasteiger partial charge in [0, 0.05) is 31.7 Å². The maximum atomic E-state index is 12.3. The number of urea groups is 1. The van der Waals surface area contributed by atoms with E-state index in [0.29, 0.717) is 5.92 Å². The third kappa shape index (κ3) is 3.77. The van der Waals surface area contributed by atoms with Crippen molar-refractivity contribution in [2.45, 2.75) is 51.4 Å². The molecule has 21 heavy (non-hydrogen) atoms. The van der Waals surface area contributed by atoms with Crippen molar-refractivity contribution in [3.05, 3.63) is 17.7 Å². The topological polar surface area (TPSA) is 61.0 Å². The molecular formula is C16H26N4O. The standard InChI is InChI=1S/C16H26N4O/c21-16(17-11-13-5-2-1-3-6-13)20-9-4-7-14-15(8-10-20)19-12-18-14/h12-13H,1-11H2,(H,17,21)(H,18,19). The maximum Gasteiger partial charge on any atom is 0.317 e. The van der Waals surface area contributed by atoms with Crippen LogP contribution in [-0.4, -0.2) is 40.5 Å². The Bertz CT molecular complexity index is 465. The van der Waals surface area contributed by atoms with Crippen molar-refractivity contribution in [1.29, 1.82) is 0 Å². The van der Waals surface area contributed by atoms with Crippen LogP contribution in [0.2, 0.25) is 0 Å². The maximum absolute atomic E-state index is 12.3. The van der Waals surface area contributed by atoms with Crippen LogP contribution >= 0.6 is 0 Å². The van der Waals surface area contributed by atoms with E-state index in [1.165, 1.54) is 37.8 Å². The minimum atomic E-state index is 0.111. The monoisotopic (exact) mass is 290 g/mol. The molecule has 2 N–H and O–H groups in total. The Hall–Kier alpha value is -1.52. The molecule has 3 rings (SSSR count). The zero-order valence-corrected chi connectivity index (χ0v) is 12.7. The molecule has 1 aliphatic heterocycles. The molecule has 0 radical (unpaired) electrons. The predicted molar refractivity (Wildman–Crippen MR) is 82.2 cm³/mol. The summed E-state index contributed by atoms with van der Waals surface area (Å²) in [5.41, 5.74) is 2.37. The van der Waals surface area contributed by atoms with Gasteiger partial charge in [-0.05, 0) is 31.6 Å². The summed E-state index contributed by atoms with van der Waals surface area (Å²) in [6, 6.07) is 0.111. The van der Waals surface area contributed by atoms with Gasteiger partial charge in [-0.1, -0.05) is 19.3 Å². The predicted octanol–water partition coefficient (Wildman–Crippen LogP) is 2.49. The Labute approximate surface area is 126 Å². The van der Waals surface area contributed by atoms with Gasteiger partial charge in [-0.3, -0.25) is 0 Å². The molecule has 0 saturated heterocycles. The summed E-state index contributed by atoms with van der Waals surface area (Å²) in [5.74, 6) is 0.690. The Kier molecular flexibility index (Phi) is 4.78. The highest BCUT2D eigenvalue weighted by Gasteiger charge is 2.20. The Balaban J connectivity index is 1.48. The van der Waals surface area contributed by atoms with Crippen LogP contribution in [0.3, 0.4) is 0 Å². The third-order valence-electron chi connectivity index (χ3n) is 4.83. The van der Waals surface area contributed by atoms with Crippen LogP contribution in [0.5, 0.6) is 0 Å². The minimum absolute atomic E-state index is 0.111. The smallest absolute Gasteiger partial charge is 0.317 e. The first kappa shape index (κ1) is 14.4. The lowest BCUT2D eigenvalue weighted by Crippen LogP contribution is -2.44. The molecule has 2 amide bonds. The summed E-state index contributed by atoms with van der Waals surface area (Å²) in [7, 11) is 0. The number of amides is 2. The second-order valence-electron chi connectivity index (χ2n) is 6.36. The van der Waals surface area contributed by atoms with Crippen molar-refractivity contribution >= 4 is 6.03 Å². The minimum Gasteiger partial charge on any atom is -0.348 e.